The van der Waals surface area contributed by atoms with Gasteiger partial charge in [-0.3, -0.25) is 10.1 Å². The number of non-ortho nitro benzene ring substituents is 1. The maximum atomic E-state index is 12.4. The molecule has 1 amide bonds. The van der Waals surface area contributed by atoms with Crippen LogP contribution >= 0.6 is 0 Å². The summed E-state index contributed by atoms with van der Waals surface area (Å²) < 4.78 is 10.7. The summed E-state index contributed by atoms with van der Waals surface area (Å²) in [4.78, 5) is 36.4. The molecule has 0 spiro atoms. The Morgan fingerprint density at radius 3 is 2.70 bits per heavy atom. The van der Waals surface area contributed by atoms with E-state index in [2.05, 4.69) is 0 Å². The van der Waals surface area contributed by atoms with Gasteiger partial charge in [-0.2, -0.15) is 0 Å². The zero-order valence-electron chi connectivity index (χ0n) is 16.0. The summed E-state index contributed by atoms with van der Waals surface area (Å²) in [5, 5.41) is 10.8. The maximum absolute atomic E-state index is 12.4. The van der Waals surface area contributed by atoms with Crippen molar-refractivity contribution >= 4 is 17.7 Å². The number of nitro groups is 1. The number of rotatable bonds is 5. The van der Waals surface area contributed by atoms with Gasteiger partial charge in [0.25, 0.3) is 5.69 Å². The summed E-state index contributed by atoms with van der Waals surface area (Å²) in [5.41, 5.74) is -0.585. The molecule has 0 aliphatic carbocycles. The fourth-order valence-electron chi connectivity index (χ4n) is 2.98. The third kappa shape index (κ3) is 6.23. The summed E-state index contributed by atoms with van der Waals surface area (Å²) in [6, 6.07) is 5.38. The molecule has 2 rings (SSSR count). The smallest absolute Gasteiger partial charge is 0.410 e. The second-order valence-corrected chi connectivity index (χ2v) is 7.56. The highest BCUT2D eigenvalue weighted by Crippen LogP contribution is 2.23. The first-order valence-electron chi connectivity index (χ1n) is 9.08. The van der Waals surface area contributed by atoms with Gasteiger partial charge in [0.05, 0.1) is 17.1 Å². The molecule has 1 fully saturated rings. The first-order chi connectivity index (χ1) is 12.7. The molecule has 0 N–H and O–H groups in total. The maximum Gasteiger partial charge on any atom is 0.410 e. The van der Waals surface area contributed by atoms with E-state index in [0.29, 0.717) is 13.0 Å². The molecule has 1 aromatic rings. The molecular formula is C19H26N2O6. The molecule has 1 aliphatic rings. The van der Waals surface area contributed by atoms with Gasteiger partial charge in [-0.05, 0) is 46.1 Å². The molecule has 0 saturated carbocycles. The highest BCUT2D eigenvalue weighted by atomic mass is 16.6. The lowest BCUT2D eigenvalue weighted by molar-refractivity contribution is -0.384. The molecule has 1 saturated heterocycles. The number of carbonyl (C=O) groups excluding carboxylic acids is 2. The number of ether oxygens (including phenoxy) is 2. The molecule has 1 heterocycles. The number of esters is 1. The number of benzene rings is 1. The predicted molar refractivity (Wildman–Crippen MR) is 98.6 cm³/mol. The standard InChI is InChI=1S/C19H26N2O6/c1-19(2,3)27-18(23)20-11-5-4-8-15(20)10-12-26-17(22)14-7-6-9-16(13-14)21(24)25/h6-7,9,13,15H,4-5,8,10-12H2,1-3H3. The Labute approximate surface area is 158 Å². The number of amides is 1. The average Bonchev–Trinajstić information content (AvgIpc) is 2.60. The first-order valence-corrected chi connectivity index (χ1v) is 9.08. The summed E-state index contributed by atoms with van der Waals surface area (Å²) in [5.74, 6) is -0.613. The average molecular weight is 378 g/mol. The van der Waals surface area contributed by atoms with Gasteiger partial charge in [0.2, 0.25) is 0 Å². The summed E-state index contributed by atoms with van der Waals surface area (Å²) in [7, 11) is 0. The molecule has 148 valence electrons. The Morgan fingerprint density at radius 1 is 1.30 bits per heavy atom. The van der Waals surface area contributed by atoms with Crippen LogP contribution in [0, 0.1) is 10.1 Å². The molecule has 0 bridgehead atoms. The van der Waals surface area contributed by atoms with Gasteiger partial charge in [0.15, 0.2) is 0 Å². The fourth-order valence-corrected chi connectivity index (χ4v) is 2.98. The third-order valence-electron chi connectivity index (χ3n) is 4.23. The molecule has 1 aromatic carbocycles. The number of piperidine rings is 1. The first kappa shape index (κ1) is 20.7. The van der Waals surface area contributed by atoms with E-state index in [1.807, 2.05) is 20.8 Å². The van der Waals surface area contributed by atoms with Crippen molar-refractivity contribution in [2.24, 2.45) is 0 Å². The van der Waals surface area contributed by atoms with Gasteiger partial charge in [-0.25, -0.2) is 9.59 Å². The number of carbonyl (C=O) groups is 2. The Kier molecular flexibility index (Phi) is 6.76. The van der Waals surface area contributed by atoms with E-state index in [1.165, 1.54) is 24.3 Å². The van der Waals surface area contributed by atoms with E-state index >= 15 is 0 Å². The highest BCUT2D eigenvalue weighted by Gasteiger charge is 2.30. The Balaban J connectivity index is 1.90. The Hall–Kier alpha value is -2.64. The van der Waals surface area contributed by atoms with Crippen molar-refractivity contribution in [2.75, 3.05) is 13.2 Å². The van der Waals surface area contributed by atoms with Crippen LogP contribution in [0.2, 0.25) is 0 Å². The largest absolute Gasteiger partial charge is 0.462 e. The van der Waals surface area contributed by atoms with Crippen LogP contribution in [-0.4, -0.2) is 46.7 Å². The van der Waals surface area contributed by atoms with Crippen LogP contribution in [0.4, 0.5) is 10.5 Å². The number of hydrogen-bond donors (Lipinski definition) is 0. The second-order valence-electron chi connectivity index (χ2n) is 7.56. The fraction of sp³-hybridized carbons (Fsp3) is 0.579. The lowest BCUT2D eigenvalue weighted by Gasteiger charge is -2.36. The van der Waals surface area contributed by atoms with Crippen LogP contribution in [0.3, 0.4) is 0 Å². The number of nitro benzene ring substituents is 1. The number of likely N-dealkylation sites (tertiary alicyclic amines) is 1. The molecule has 0 radical (unpaired) electrons. The van der Waals surface area contributed by atoms with Gasteiger partial charge < -0.3 is 14.4 Å². The van der Waals surface area contributed by atoms with Crippen molar-refractivity contribution < 1.29 is 24.0 Å². The molecule has 1 aliphatic heterocycles. The van der Waals surface area contributed by atoms with E-state index in [9.17, 15) is 19.7 Å². The van der Waals surface area contributed by atoms with Crippen molar-refractivity contribution in [3.05, 3.63) is 39.9 Å². The summed E-state index contributed by atoms with van der Waals surface area (Å²) >= 11 is 0. The topological polar surface area (TPSA) is 99.0 Å². The Bertz CT molecular complexity index is 698. The second kappa shape index (κ2) is 8.83. The molecular weight excluding hydrogens is 352 g/mol. The van der Waals surface area contributed by atoms with Crippen LogP contribution in [0.1, 0.15) is 56.8 Å². The zero-order chi connectivity index (χ0) is 20.0. The van der Waals surface area contributed by atoms with E-state index in [0.717, 1.165) is 19.3 Å². The monoisotopic (exact) mass is 378 g/mol. The minimum atomic E-state index is -0.613. The molecule has 8 nitrogen and oxygen atoms in total. The third-order valence-corrected chi connectivity index (χ3v) is 4.23. The van der Waals surface area contributed by atoms with Gasteiger partial charge in [-0.1, -0.05) is 6.07 Å². The molecule has 1 unspecified atom stereocenters. The van der Waals surface area contributed by atoms with Crippen molar-refractivity contribution in [2.45, 2.75) is 58.1 Å². The molecule has 8 heteroatoms. The number of hydrogen-bond acceptors (Lipinski definition) is 6. The minimum Gasteiger partial charge on any atom is -0.462 e. The van der Waals surface area contributed by atoms with Gasteiger partial charge in [-0.15, -0.1) is 0 Å². The lowest BCUT2D eigenvalue weighted by atomic mass is 10.0. The van der Waals surface area contributed by atoms with Crippen LogP contribution in [0.25, 0.3) is 0 Å². The SMILES string of the molecule is CC(C)(C)OC(=O)N1CCCCC1CCOC(=O)c1cccc([N+](=O)[O-])c1. The molecule has 27 heavy (non-hydrogen) atoms. The highest BCUT2D eigenvalue weighted by molar-refractivity contribution is 5.90. The van der Waals surface area contributed by atoms with Crippen LogP contribution < -0.4 is 0 Å². The van der Waals surface area contributed by atoms with Crippen molar-refractivity contribution in [1.29, 1.82) is 0 Å². The minimum absolute atomic E-state index is 0.0495. The zero-order valence-corrected chi connectivity index (χ0v) is 16.0. The summed E-state index contributed by atoms with van der Waals surface area (Å²) in [6.45, 7) is 6.23. The van der Waals surface area contributed by atoms with E-state index in [4.69, 9.17) is 9.47 Å². The number of nitrogens with zero attached hydrogens (tertiary/aromatic N) is 2. The predicted octanol–water partition coefficient (Wildman–Crippen LogP) is 3.93. The van der Waals surface area contributed by atoms with Gasteiger partial charge in [0, 0.05) is 31.1 Å². The van der Waals surface area contributed by atoms with Gasteiger partial charge >= 0.3 is 12.1 Å². The molecule has 0 aromatic heterocycles. The van der Waals surface area contributed by atoms with E-state index in [1.54, 1.807) is 4.90 Å². The Morgan fingerprint density at radius 2 is 2.04 bits per heavy atom. The lowest BCUT2D eigenvalue weighted by Crippen LogP contribution is -2.46. The normalized spacial score (nSPS) is 17.3. The summed E-state index contributed by atoms with van der Waals surface area (Å²) in [6.07, 6.45) is 2.90. The molecule has 1 atom stereocenters. The van der Waals surface area contributed by atoms with Crippen LogP contribution in [-0.2, 0) is 9.47 Å². The van der Waals surface area contributed by atoms with Crippen LogP contribution in [0.15, 0.2) is 24.3 Å². The quantitative estimate of drug-likeness (QED) is 0.437. The van der Waals surface area contributed by atoms with E-state index < -0.39 is 16.5 Å². The van der Waals surface area contributed by atoms with Gasteiger partial charge in [0.1, 0.15) is 5.60 Å². The van der Waals surface area contributed by atoms with Crippen molar-refractivity contribution in [3.63, 3.8) is 0 Å². The van der Waals surface area contributed by atoms with Crippen LogP contribution in [0.5, 0.6) is 0 Å². The van der Waals surface area contributed by atoms with E-state index in [-0.39, 0.29) is 30.0 Å². The van der Waals surface area contributed by atoms with Crippen molar-refractivity contribution in [1.82, 2.24) is 4.90 Å². The van der Waals surface area contributed by atoms with Crippen molar-refractivity contribution in [3.8, 4) is 0 Å².